The van der Waals surface area contributed by atoms with Crippen LogP contribution in [0, 0.1) is 17.5 Å². The Balaban J connectivity index is 2.34. The van der Waals surface area contributed by atoms with E-state index in [-0.39, 0.29) is 6.04 Å². The van der Waals surface area contributed by atoms with Gasteiger partial charge in [-0.3, -0.25) is 4.79 Å². The Bertz CT molecular complexity index is 457. The third-order valence-electron chi connectivity index (χ3n) is 3.04. The van der Waals surface area contributed by atoms with E-state index in [1.807, 2.05) is 0 Å². The third-order valence-corrected chi connectivity index (χ3v) is 3.78. The van der Waals surface area contributed by atoms with Gasteiger partial charge in [-0.1, -0.05) is 15.9 Å². The van der Waals surface area contributed by atoms with E-state index in [4.69, 9.17) is 0 Å². The molecule has 0 saturated carbocycles. The van der Waals surface area contributed by atoms with Crippen LogP contribution in [0.15, 0.2) is 12.1 Å². The fourth-order valence-corrected chi connectivity index (χ4v) is 2.83. The molecule has 6 heteroatoms. The van der Waals surface area contributed by atoms with Crippen molar-refractivity contribution >= 4 is 21.8 Å². The second-order valence-corrected chi connectivity index (χ2v) is 4.84. The standard InChI is InChI=1S/C12H11BrF3NO/c13-6-8-2-1-3-17(8)12(18)11-9(15)4-7(14)5-10(11)16/h4-5,8H,1-3,6H2. The Morgan fingerprint density at radius 1 is 1.33 bits per heavy atom. The van der Waals surface area contributed by atoms with Gasteiger partial charge in [0.15, 0.2) is 0 Å². The minimum Gasteiger partial charge on any atom is -0.335 e. The summed E-state index contributed by atoms with van der Waals surface area (Å²) in [4.78, 5) is 13.5. The highest BCUT2D eigenvalue weighted by molar-refractivity contribution is 9.09. The van der Waals surface area contributed by atoms with Crippen molar-refractivity contribution in [3.63, 3.8) is 0 Å². The summed E-state index contributed by atoms with van der Waals surface area (Å²) in [5.74, 6) is -4.05. The molecule has 0 aliphatic carbocycles. The Morgan fingerprint density at radius 3 is 2.50 bits per heavy atom. The molecule has 1 aromatic rings. The van der Waals surface area contributed by atoms with Crippen molar-refractivity contribution in [1.82, 2.24) is 4.90 Å². The molecule has 1 aliphatic heterocycles. The first kappa shape index (κ1) is 13.4. The number of hydrogen-bond donors (Lipinski definition) is 0. The lowest BCUT2D eigenvalue weighted by Crippen LogP contribution is -2.37. The average molecular weight is 322 g/mol. The molecule has 0 radical (unpaired) electrons. The Kier molecular flexibility index (Phi) is 3.94. The molecule has 1 atom stereocenters. The van der Waals surface area contributed by atoms with Gasteiger partial charge in [-0.15, -0.1) is 0 Å². The number of likely N-dealkylation sites (tertiary alicyclic amines) is 1. The molecule has 0 aromatic heterocycles. The molecule has 1 aromatic carbocycles. The largest absolute Gasteiger partial charge is 0.335 e. The van der Waals surface area contributed by atoms with Crippen LogP contribution in [0.4, 0.5) is 13.2 Å². The zero-order valence-corrected chi connectivity index (χ0v) is 11.0. The number of amides is 1. The van der Waals surface area contributed by atoms with Crippen LogP contribution in [0.3, 0.4) is 0 Å². The van der Waals surface area contributed by atoms with Crippen LogP contribution < -0.4 is 0 Å². The predicted octanol–water partition coefficient (Wildman–Crippen LogP) is 3.10. The summed E-state index contributed by atoms with van der Waals surface area (Å²) in [6, 6.07) is 0.978. The smallest absolute Gasteiger partial charge is 0.260 e. The molecular formula is C12H11BrF3NO. The van der Waals surface area contributed by atoms with E-state index in [1.54, 1.807) is 0 Å². The van der Waals surface area contributed by atoms with Crippen molar-refractivity contribution in [2.75, 3.05) is 11.9 Å². The molecule has 1 amide bonds. The minimum atomic E-state index is -1.15. The molecule has 2 nitrogen and oxygen atoms in total. The van der Waals surface area contributed by atoms with Crippen molar-refractivity contribution in [3.05, 3.63) is 35.1 Å². The first-order valence-electron chi connectivity index (χ1n) is 5.56. The molecule has 0 bridgehead atoms. The summed E-state index contributed by atoms with van der Waals surface area (Å²) in [5.41, 5.74) is -0.677. The third kappa shape index (κ3) is 2.39. The van der Waals surface area contributed by atoms with E-state index >= 15 is 0 Å². The highest BCUT2D eigenvalue weighted by Gasteiger charge is 2.31. The number of halogens is 4. The summed E-state index contributed by atoms with van der Waals surface area (Å²) < 4.78 is 39.8. The van der Waals surface area contributed by atoms with Gasteiger partial charge in [-0.2, -0.15) is 0 Å². The summed E-state index contributed by atoms with van der Waals surface area (Å²) in [7, 11) is 0. The molecule has 1 heterocycles. The molecule has 0 N–H and O–H groups in total. The SMILES string of the molecule is O=C(c1c(F)cc(F)cc1F)N1CCCC1CBr. The van der Waals surface area contributed by atoms with Gasteiger partial charge in [0, 0.05) is 30.0 Å². The summed E-state index contributed by atoms with van der Waals surface area (Å²) in [6.07, 6.45) is 1.59. The van der Waals surface area contributed by atoms with E-state index < -0.39 is 28.9 Å². The van der Waals surface area contributed by atoms with Gasteiger partial charge >= 0.3 is 0 Å². The second kappa shape index (κ2) is 5.30. The topological polar surface area (TPSA) is 20.3 Å². The van der Waals surface area contributed by atoms with Crippen molar-refractivity contribution in [3.8, 4) is 0 Å². The van der Waals surface area contributed by atoms with Crippen LogP contribution in [0.25, 0.3) is 0 Å². The van der Waals surface area contributed by atoms with Gasteiger partial charge in [-0.05, 0) is 12.8 Å². The van der Waals surface area contributed by atoms with Gasteiger partial charge in [0.2, 0.25) is 0 Å². The highest BCUT2D eigenvalue weighted by Crippen LogP contribution is 2.24. The Morgan fingerprint density at radius 2 is 1.94 bits per heavy atom. The summed E-state index contributed by atoms with van der Waals surface area (Å²) in [5, 5.41) is 0.559. The molecule has 1 fully saturated rings. The number of benzene rings is 1. The average Bonchev–Trinajstić information content (AvgIpc) is 2.75. The number of rotatable bonds is 2. The molecule has 0 spiro atoms. The first-order chi connectivity index (χ1) is 8.54. The monoisotopic (exact) mass is 321 g/mol. The predicted molar refractivity (Wildman–Crippen MR) is 64.2 cm³/mol. The molecule has 98 valence electrons. The van der Waals surface area contributed by atoms with Gasteiger partial charge in [0.25, 0.3) is 5.91 Å². The summed E-state index contributed by atoms with van der Waals surface area (Å²) in [6.45, 7) is 0.464. The van der Waals surface area contributed by atoms with Gasteiger partial charge in [0.05, 0.1) is 0 Å². The molecule has 1 aliphatic rings. The molecule has 18 heavy (non-hydrogen) atoms. The number of carbonyl (C=O) groups is 1. The van der Waals surface area contributed by atoms with Gasteiger partial charge in [0.1, 0.15) is 23.0 Å². The molecular weight excluding hydrogens is 311 g/mol. The van der Waals surface area contributed by atoms with Crippen LogP contribution in [0.2, 0.25) is 0 Å². The van der Waals surface area contributed by atoms with Crippen molar-refractivity contribution in [1.29, 1.82) is 0 Å². The fourth-order valence-electron chi connectivity index (χ4n) is 2.15. The molecule has 2 rings (SSSR count). The fraction of sp³-hybridized carbons (Fsp3) is 0.417. The zero-order chi connectivity index (χ0) is 13.3. The van der Waals surface area contributed by atoms with Gasteiger partial charge in [-0.25, -0.2) is 13.2 Å². The minimum absolute atomic E-state index is 0.0682. The first-order valence-corrected chi connectivity index (χ1v) is 6.68. The van der Waals surface area contributed by atoms with Crippen molar-refractivity contribution in [2.45, 2.75) is 18.9 Å². The van der Waals surface area contributed by atoms with E-state index in [0.717, 1.165) is 12.8 Å². The van der Waals surface area contributed by atoms with Crippen LogP contribution in [-0.4, -0.2) is 28.7 Å². The molecule has 1 saturated heterocycles. The quantitative estimate of drug-likeness (QED) is 0.766. The lowest BCUT2D eigenvalue weighted by atomic mass is 10.1. The normalized spacial score (nSPS) is 19.3. The Hall–Kier alpha value is -1.04. The van der Waals surface area contributed by atoms with Crippen LogP contribution >= 0.6 is 15.9 Å². The number of hydrogen-bond acceptors (Lipinski definition) is 1. The number of nitrogens with zero attached hydrogens (tertiary/aromatic N) is 1. The van der Waals surface area contributed by atoms with E-state index in [2.05, 4.69) is 15.9 Å². The number of carbonyl (C=O) groups excluding carboxylic acids is 1. The Labute approximate surface area is 111 Å². The van der Waals surface area contributed by atoms with Crippen LogP contribution in [-0.2, 0) is 0 Å². The van der Waals surface area contributed by atoms with E-state index in [1.165, 1.54) is 4.90 Å². The maximum Gasteiger partial charge on any atom is 0.260 e. The number of alkyl halides is 1. The van der Waals surface area contributed by atoms with Crippen LogP contribution in [0.5, 0.6) is 0 Å². The zero-order valence-electron chi connectivity index (χ0n) is 9.43. The van der Waals surface area contributed by atoms with E-state index in [0.29, 0.717) is 24.0 Å². The second-order valence-electron chi connectivity index (χ2n) is 4.19. The maximum atomic E-state index is 13.5. The van der Waals surface area contributed by atoms with Crippen molar-refractivity contribution in [2.24, 2.45) is 0 Å². The summed E-state index contributed by atoms with van der Waals surface area (Å²) >= 11 is 3.26. The highest BCUT2D eigenvalue weighted by atomic mass is 79.9. The van der Waals surface area contributed by atoms with Crippen LogP contribution in [0.1, 0.15) is 23.2 Å². The molecule has 1 unspecified atom stereocenters. The van der Waals surface area contributed by atoms with Gasteiger partial charge < -0.3 is 4.90 Å². The van der Waals surface area contributed by atoms with E-state index in [9.17, 15) is 18.0 Å². The lowest BCUT2D eigenvalue weighted by Gasteiger charge is -2.23. The van der Waals surface area contributed by atoms with Crippen molar-refractivity contribution < 1.29 is 18.0 Å². The maximum absolute atomic E-state index is 13.5. The lowest BCUT2D eigenvalue weighted by molar-refractivity contribution is 0.0740.